The van der Waals surface area contributed by atoms with Crippen molar-refractivity contribution in [3.05, 3.63) is 35.9 Å². The van der Waals surface area contributed by atoms with Gasteiger partial charge in [0.2, 0.25) is 5.91 Å². The molecular formula is C15H22N2O3. The second kappa shape index (κ2) is 8.19. The van der Waals surface area contributed by atoms with Gasteiger partial charge in [-0.2, -0.15) is 0 Å². The number of alkyl carbamates (subject to hydrolysis) is 1. The molecule has 0 saturated heterocycles. The van der Waals surface area contributed by atoms with Gasteiger partial charge in [-0.1, -0.05) is 44.2 Å². The molecule has 2 N–H and O–H groups in total. The maximum Gasteiger partial charge on any atom is 0.407 e. The number of amides is 2. The highest BCUT2D eigenvalue weighted by molar-refractivity contribution is 5.85. The summed E-state index contributed by atoms with van der Waals surface area (Å²) in [6.07, 6.45) is -0.568. The Morgan fingerprint density at radius 1 is 1.15 bits per heavy atom. The van der Waals surface area contributed by atoms with Gasteiger partial charge in [0.25, 0.3) is 0 Å². The molecule has 0 aliphatic heterocycles. The highest BCUT2D eigenvalue weighted by Crippen LogP contribution is 1.98. The molecule has 0 saturated carbocycles. The van der Waals surface area contributed by atoms with E-state index in [1.165, 1.54) is 0 Å². The van der Waals surface area contributed by atoms with Crippen LogP contribution in [0.1, 0.15) is 26.3 Å². The summed E-state index contributed by atoms with van der Waals surface area (Å²) in [5.41, 5.74) is 1.01. The van der Waals surface area contributed by atoms with Crippen molar-refractivity contribution in [3.63, 3.8) is 0 Å². The van der Waals surface area contributed by atoms with Crippen molar-refractivity contribution in [3.8, 4) is 0 Å². The molecule has 0 aliphatic carbocycles. The first-order valence-electron chi connectivity index (χ1n) is 6.74. The van der Waals surface area contributed by atoms with E-state index in [1.54, 1.807) is 6.92 Å². The molecule has 1 atom stereocenters. The summed E-state index contributed by atoms with van der Waals surface area (Å²) in [6.45, 7) is 6.29. The van der Waals surface area contributed by atoms with Crippen LogP contribution < -0.4 is 10.6 Å². The number of hydrogen-bond donors (Lipinski definition) is 2. The van der Waals surface area contributed by atoms with Gasteiger partial charge in [0.1, 0.15) is 6.04 Å². The van der Waals surface area contributed by atoms with Crippen LogP contribution in [0, 0.1) is 5.92 Å². The summed E-state index contributed by atoms with van der Waals surface area (Å²) in [7, 11) is 0. The molecule has 5 nitrogen and oxygen atoms in total. The Morgan fingerprint density at radius 2 is 1.80 bits per heavy atom. The molecule has 0 aliphatic rings. The van der Waals surface area contributed by atoms with E-state index >= 15 is 0 Å². The van der Waals surface area contributed by atoms with E-state index < -0.39 is 12.1 Å². The minimum absolute atomic E-state index is 0.240. The number of ether oxygens (including phenoxy) is 1. The summed E-state index contributed by atoms with van der Waals surface area (Å²) in [6, 6.07) is 8.96. The topological polar surface area (TPSA) is 67.4 Å². The fourth-order valence-electron chi connectivity index (χ4n) is 1.46. The van der Waals surface area contributed by atoms with Crippen LogP contribution in [0.4, 0.5) is 4.79 Å². The van der Waals surface area contributed by atoms with Crippen LogP contribution in [0.2, 0.25) is 0 Å². The Kier molecular flexibility index (Phi) is 6.56. The third-order valence-electron chi connectivity index (χ3n) is 2.58. The molecule has 0 radical (unpaired) electrons. The number of benzene rings is 1. The van der Waals surface area contributed by atoms with E-state index in [9.17, 15) is 9.59 Å². The highest BCUT2D eigenvalue weighted by Gasteiger charge is 2.16. The lowest BCUT2D eigenvalue weighted by atomic mass is 10.2. The molecule has 1 rings (SSSR count). The number of carbonyl (C=O) groups excluding carboxylic acids is 2. The highest BCUT2D eigenvalue weighted by atomic mass is 16.5. The van der Waals surface area contributed by atoms with Gasteiger partial charge in [0.15, 0.2) is 0 Å². The van der Waals surface area contributed by atoms with Crippen LogP contribution in [0.3, 0.4) is 0 Å². The molecule has 1 aromatic carbocycles. The van der Waals surface area contributed by atoms with Gasteiger partial charge in [0.05, 0.1) is 6.61 Å². The van der Waals surface area contributed by atoms with Crippen LogP contribution in [-0.2, 0) is 16.1 Å². The summed E-state index contributed by atoms with van der Waals surface area (Å²) in [5.74, 6) is 0.0262. The van der Waals surface area contributed by atoms with E-state index in [4.69, 9.17) is 4.74 Å². The lowest BCUT2D eigenvalue weighted by molar-refractivity contribution is -0.122. The number of carbonyl (C=O) groups is 2. The lowest BCUT2D eigenvalue weighted by Crippen LogP contribution is -2.44. The third-order valence-corrected chi connectivity index (χ3v) is 2.58. The second-order valence-electron chi connectivity index (χ2n) is 5.06. The average molecular weight is 278 g/mol. The molecule has 5 heteroatoms. The van der Waals surface area contributed by atoms with Gasteiger partial charge in [-0.15, -0.1) is 0 Å². The van der Waals surface area contributed by atoms with Gasteiger partial charge in [0, 0.05) is 6.54 Å². The fourth-order valence-corrected chi connectivity index (χ4v) is 1.46. The standard InChI is InChI=1S/C15H22N2O3/c1-11(2)10-20-15(19)17-12(3)14(18)16-9-13-7-5-4-6-8-13/h4-8,11-12H,9-10H2,1-3H3,(H,16,18)(H,17,19). The third kappa shape index (κ3) is 6.22. The molecule has 0 spiro atoms. The number of nitrogens with one attached hydrogen (secondary N) is 2. The second-order valence-corrected chi connectivity index (χ2v) is 5.06. The maximum absolute atomic E-state index is 11.8. The monoisotopic (exact) mass is 278 g/mol. The first-order chi connectivity index (χ1) is 9.49. The Labute approximate surface area is 119 Å². The predicted octanol–water partition coefficient (Wildman–Crippen LogP) is 2.07. The van der Waals surface area contributed by atoms with Crippen LogP contribution >= 0.6 is 0 Å². The number of rotatable bonds is 6. The normalized spacial score (nSPS) is 11.8. The zero-order valence-electron chi connectivity index (χ0n) is 12.2. The van der Waals surface area contributed by atoms with Crippen molar-refractivity contribution in [2.75, 3.05) is 6.61 Å². The van der Waals surface area contributed by atoms with Gasteiger partial charge < -0.3 is 15.4 Å². The fraction of sp³-hybridized carbons (Fsp3) is 0.467. The van der Waals surface area contributed by atoms with Crippen molar-refractivity contribution in [1.29, 1.82) is 0 Å². The summed E-state index contributed by atoms with van der Waals surface area (Å²) in [5, 5.41) is 5.26. The SMILES string of the molecule is CC(C)COC(=O)NC(C)C(=O)NCc1ccccc1. The molecule has 110 valence electrons. The van der Waals surface area contributed by atoms with E-state index in [0.717, 1.165) is 5.56 Å². The molecule has 0 fully saturated rings. The zero-order chi connectivity index (χ0) is 15.0. The van der Waals surface area contributed by atoms with E-state index in [2.05, 4.69) is 10.6 Å². The molecular weight excluding hydrogens is 256 g/mol. The predicted molar refractivity (Wildman–Crippen MR) is 77.1 cm³/mol. The Bertz CT molecular complexity index is 432. The summed E-state index contributed by atoms with van der Waals surface area (Å²) >= 11 is 0. The number of hydrogen-bond acceptors (Lipinski definition) is 3. The van der Waals surface area contributed by atoms with Crippen molar-refractivity contribution in [2.45, 2.75) is 33.4 Å². The molecule has 0 heterocycles. The largest absolute Gasteiger partial charge is 0.449 e. The van der Waals surface area contributed by atoms with Crippen molar-refractivity contribution in [1.82, 2.24) is 10.6 Å². The molecule has 0 aromatic heterocycles. The van der Waals surface area contributed by atoms with E-state index in [1.807, 2.05) is 44.2 Å². The lowest BCUT2D eigenvalue weighted by Gasteiger charge is -2.15. The quantitative estimate of drug-likeness (QED) is 0.837. The first-order valence-corrected chi connectivity index (χ1v) is 6.74. The summed E-state index contributed by atoms with van der Waals surface area (Å²) < 4.78 is 4.96. The molecule has 1 unspecified atom stereocenters. The molecule has 2 amide bonds. The first kappa shape index (κ1) is 16.0. The minimum Gasteiger partial charge on any atom is -0.449 e. The summed E-state index contributed by atoms with van der Waals surface area (Å²) in [4.78, 5) is 23.2. The van der Waals surface area contributed by atoms with Gasteiger partial charge >= 0.3 is 6.09 Å². The van der Waals surface area contributed by atoms with Crippen LogP contribution in [-0.4, -0.2) is 24.6 Å². The Morgan fingerprint density at radius 3 is 2.40 bits per heavy atom. The Hall–Kier alpha value is -2.04. The van der Waals surface area contributed by atoms with E-state index in [0.29, 0.717) is 13.2 Å². The van der Waals surface area contributed by atoms with Gasteiger partial charge in [-0.3, -0.25) is 4.79 Å². The molecule has 20 heavy (non-hydrogen) atoms. The minimum atomic E-state index is -0.627. The average Bonchev–Trinajstić information content (AvgIpc) is 2.43. The van der Waals surface area contributed by atoms with E-state index in [-0.39, 0.29) is 11.8 Å². The smallest absolute Gasteiger partial charge is 0.407 e. The maximum atomic E-state index is 11.8. The van der Waals surface area contributed by atoms with Gasteiger partial charge in [-0.25, -0.2) is 4.79 Å². The Balaban J connectivity index is 2.30. The van der Waals surface area contributed by atoms with Crippen molar-refractivity contribution < 1.29 is 14.3 Å². The van der Waals surface area contributed by atoms with Gasteiger partial charge in [-0.05, 0) is 18.4 Å². The van der Waals surface area contributed by atoms with Crippen LogP contribution in [0.5, 0.6) is 0 Å². The van der Waals surface area contributed by atoms with Crippen molar-refractivity contribution in [2.24, 2.45) is 5.92 Å². The van der Waals surface area contributed by atoms with Crippen LogP contribution in [0.25, 0.3) is 0 Å². The molecule has 1 aromatic rings. The van der Waals surface area contributed by atoms with Crippen molar-refractivity contribution >= 4 is 12.0 Å². The molecule has 0 bridgehead atoms. The van der Waals surface area contributed by atoms with Crippen LogP contribution in [0.15, 0.2) is 30.3 Å². The zero-order valence-corrected chi connectivity index (χ0v) is 12.2.